The quantitative estimate of drug-likeness (QED) is 0.728. The van der Waals surface area contributed by atoms with E-state index in [2.05, 4.69) is 24.5 Å². The molecule has 1 amide bonds. The lowest BCUT2D eigenvalue weighted by atomic mass is 9.81. The highest BCUT2D eigenvalue weighted by Crippen LogP contribution is 2.26. The summed E-state index contributed by atoms with van der Waals surface area (Å²) in [5.41, 5.74) is 0. The maximum absolute atomic E-state index is 11.7. The van der Waals surface area contributed by atoms with E-state index in [9.17, 15) is 4.79 Å². The van der Waals surface area contributed by atoms with Gasteiger partial charge in [-0.2, -0.15) is 0 Å². The van der Waals surface area contributed by atoms with Crippen molar-refractivity contribution < 1.29 is 4.79 Å². The Hall–Kier alpha value is -0.570. The standard InChI is InChI=1S/C12H24N2O/c1-5-9(3)13-12(15)10(4)14-11-6-8(2)7-11/h8-11,14H,5-7H2,1-4H3,(H,13,15). The molecule has 0 spiro atoms. The third-order valence-electron chi connectivity index (χ3n) is 3.25. The summed E-state index contributed by atoms with van der Waals surface area (Å²) in [6, 6.07) is 0.774. The van der Waals surface area contributed by atoms with Gasteiger partial charge in [0.25, 0.3) is 0 Å². The molecule has 0 aromatic heterocycles. The van der Waals surface area contributed by atoms with E-state index in [4.69, 9.17) is 0 Å². The molecule has 0 aromatic rings. The molecule has 0 radical (unpaired) electrons. The first-order chi connectivity index (χ1) is 7.02. The van der Waals surface area contributed by atoms with Crippen LogP contribution >= 0.6 is 0 Å². The van der Waals surface area contributed by atoms with Gasteiger partial charge in [0.05, 0.1) is 6.04 Å². The van der Waals surface area contributed by atoms with Gasteiger partial charge in [0, 0.05) is 12.1 Å². The van der Waals surface area contributed by atoms with Crippen molar-refractivity contribution in [3.63, 3.8) is 0 Å². The van der Waals surface area contributed by atoms with E-state index >= 15 is 0 Å². The third kappa shape index (κ3) is 3.82. The van der Waals surface area contributed by atoms with E-state index in [-0.39, 0.29) is 18.0 Å². The Morgan fingerprint density at radius 3 is 2.47 bits per heavy atom. The Labute approximate surface area is 93.0 Å². The molecule has 2 N–H and O–H groups in total. The molecule has 15 heavy (non-hydrogen) atoms. The van der Waals surface area contributed by atoms with E-state index in [0.717, 1.165) is 12.3 Å². The smallest absolute Gasteiger partial charge is 0.237 e. The van der Waals surface area contributed by atoms with Crippen molar-refractivity contribution in [1.82, 2.24) is 10.6 Å². The molecule has 2 unspecified atom stereocenters. The van der Waals surface area contributed by atoms with Crippen LogP contribution in [0.3, 0.4) is 0 Å². The lowest BCUT2D eigenvalue weighted by molar-refractivity contribution is -0.123. The van der Waals surface area contributed by atoms with Crippen molar-refractivity contribution in [2.45, 2.75) is 65.1 Å². The van der Waals surface area contributed by atoms with Crippen LogP contribution in [0, 0.1) is 5.92 Å². The van der Waals surface area contributed by atoms with Gasteiger partial charge in [-0.05, 0) is 39.0 Å². The van der Waals surface area contributed by atoms with Crippen LogP contribution in [0.15, 0.2) is 0 Å². The van der Waals surface area contributed by atoms with E-state index in [1.807, 2.05) is 13.8 Å². The summed E-state index contributed by atoms with van der Waals surface area (Å²) in [4.78, 5) is 11.7. The Kier molecular flexibility index (Phi) is 4.58. The van der Waals surface area contributed by atoms with E-state index < -0.39 is 0 Å². The molecule has 1 rings (SSSR count). The minimum Gasteiger partial charge on any atom is -0.352 e. The van der Waals surface area contributed by atoms with Gasteiger partial charge in [0.2, 0.25) is 5.91 Å². The van der Waals surface area contributed by atoms with Crippen LogP contribution < -0.4 is 10.6 Å². The molecular formula is C12H24N2O. The molecule has 88 valence electrons. The number of nitrogens with one attached hydrogen (secondary N) is 2. The molecule has 0 heterocycles. The van der Waals surface area contributed by atoms with Crippen molar-refractivity contribution >= 4 is 5.91 Å². The molecular weight excluding hydrogens is 188 g/mol. The van der Waals surface area contributed by atoms with E-state index in [1.165, 1.54) is 12.8 Å². The van der Waals surface area contributed by atoms with Crippen LogP contribution in [0.1, 0.15) is 47.0 Å². The number of rotatable bonds is 5. The largest absolute Gasteiger partial charge is 0.352 e. The molecule has 0 aliphatic heterocycles. The zero-order chi connectivity index (χ0) is 11.4. The first kappa shape index (κ1) is 12.5. The average Bonchev–Trinajstić information content (AvgIpc) is 2.15. The number of amides is 1. The van der Waals surface area contributed by atoms with Crippen molar-refractivity contribution in [1.29, 1.82) is 0 Å². The monoisotopic (exact) mass is 212 g/mol. The van der Waals surface area contributed by atoms with E-state index in [0.29, 0.717) is 6.04 Å². The maximum Gasteiger partial charge on any atom is 0.237 e. The Morgan fingerprint density at radius 1 is 1.40 bits per heavy atom. The van der Waals surface area contributed by atoms with Crippen LogP contribution in [-0.2, 0) is 4.79 Å². The summed E-state index contributed by atoms with van der Waals surface area (Å²) < 4.78 is 0. The normalized spacial score (nSPS) is 29.1. The molecule has 1 saturated carbocycles. The van der Waals surface area contributed by atoms with Gasteiger partial charge in [-0.3, -0.25) is 4.79 Å². The first-order valence-corrected chi connectivity index (χ1v) is 6.09. The van der Waals surface area contributed by atoms with Crippen LogP contribution in [0.2, 0.25) is 0 Å². The van der Waals surface area contributed by atoms with Gasteiger partial charge in [0.1, 0.15) is 0 Å². The summed E-state index contributed by atoms with van der Waals surface area (Å²) in [6.45, 7) is 8.31. The summed E-state index contributed by atoms with van der Waals surface area (Å²) >= 11 is 0. The van der Waals surface area contributed by atoms with Crippen molar-refractivity contribution in [3.8, 4) is 0 Å². The minimum atomic E-state index is -0.0588. The van der Waals surface area contributed by atoms with Crippen LogP contribution in [-0.4, -0.2) is 24.0 Å². The predicted molar refractivity (Wildman–Crippen MR) is 62.7 cm³/mol. The zero-order valence-corrected chi connectivity index (χ0v) is 10.3. The average molecular weight is 212 g/mol. The molecule has 1 fully saturated rings. The maximum atomic E-state index is 11.7. The van der Waals surface area contributed by atoms with Gasteiger partial charge in [-0.1, -0.05) is 13.8 Å². The molecule has 0 bridgehead atoms. The SMILES string of the molecule is CCC(C)NC(=O)C(C)NC1CC(C)C1. The van der Waals surface area contributed by atoms with Crippen molar-refractivity contribution in [3.05, 3.63) is 0 Å². The topological polar surface area (TPSA) is 41.1 Å². The molecule has 0 aromatic carbocycles. The zero-order valence-electron chi connectivity index (χ0n) is 10.3. The molecule has 3 nitrogen and oxygen atoms in total. The Bertz CT molecular complexity index is 212. The molecule has 0 saturated heterocycles. The number of carbonyl (C=O) groups excluding carboxylic acids is 1. The molecule has 2 atom stereocenters. The molecule has 1 aliphatic rings. The van der Waals surface area contributed by atoms with E-state index in [1.54, 1.807) is 0 Å². The van der Waals surface area contributed by atoms with Gasteiger partial charge in [0.15, 0.2) is 0 Å². The lowest BCUT2D eigenvalue weighted by Gasteiger charge is -2.35. The second-order valence-electron chi connectivity index (χ2n) is 4.98. The second kappa shape index (κ2) is 5.50. The first-order valence-electron chi connectivity index (χ1n) is 6.09. The Balaban J connectivity index is 2.21. The highest BCUT2D eigenvalue weighted by Gasteiger charge is 2.28. The fourth-order valence-corrected chi connectivity index (χ4v) is 1.94. The number of carbonyl (C=O) groups is 1. The third-order valence-corrected chi connectivity index (χ3v) is 3.25. The lowest BCUT2D eigenvalue weighted by Crippen LogP contribution is -2.52. The summed E-state index contributed by atoms with van der Waals surface area (Å²) in [6.07, 6.45) is 3.40. The highest BCUT2D eigenvalue weighted by atomic mass is 16.2. The van der Waals surface area contributed by atoms with Gasteiger partial charge < -0.3 is 10.6 Å². The van der Waals surface area contributed by atoms with Gasteiger partial charge >= 0.3 is 0 Å². The van der Waals surface area contributed by atoms with Crippen molar-refractivity contribution in [2.24, 2.45) is 5.92 Å². The van der Waals surface area contributed by atoms with Crippen LogP contribution in [0.5, 0.6) is 0 Å². The predicted octanol–water partition coefficient (Wildman–Crippen LogP) is 1.68. The highest BCUT2D eigenvalue weighted by molar-refractivity contribution is 5.81. The number of hydrogen-bond donors (Lipinski definition) is 2. The second-order valence-corrected chi connectivity index (χ2v) is 4.98. The summed E-state index contributed by atoms with van der Waals surface area (Å²) in [7, 11) is 0. The molecule has 1 aliphatic carbocycles. The minimum absolute atomic E-state index is 0.0588. The number of hydrogen-bond acceptors (Lipinski definition) is 2. The fraction of sp³-hybridized carbons (Fsp3) is 0.917. The van der Waals surface area contributed by atoms with Crippen LogP contribution in [0.25, 0.3) is 0 Å². The fourth-order valence-electron chi connectivity index (χ4n) is 1.94. The summed E-state index contributed by atoms with van der Waals surface area (Å²) in [5, 5.41) is 6.36. The van der Waals surface area contributed by atoms with Crippen LogP contribution in [0.4, 0.5) is 0 Å². The van der Waals surface area contributed by atoms with Gasteiger partial charge in [-0.15, -0.1) is 0 Å². The van der Waals surface area contributed by atoms with Crippen molar-refractivity contribution in [2.75, 3.05) is 0 Å². The van der Waals surface area contributed by atoms with Gasteiger partial charge in [-0.25, -0.2) is 0 Å². The Morgan fingerprint density at radius 2 is 2.00 bits per heavy atom. The molecule has 3 heteroatoms. The summed E-state index contributed by atoms with van der Waals surface area (Å²) in [5.74, 6) is 0.955.